The minimum atomic E-state index is -0.711. The zero-order valence-corrected chi connectivity index (χ0v) is 10.8. The number of nitrogens with zero attached hydrogens (tertiary/aromatic N) is 4. The van der Waals surface area contributed by atoms with E-state index in [0.717, 1.165) is 5.56 Å². The highest BCUT2D eigenvalue weighted by atomic mass is 35.5. The lowest BCUT2D eigenvalue weighted by Gasteiger charge is -2.20. The Morgan fingerprint density at radius 3 is 3.11 bits per heavy atom. The maximum Gasteiger partial charge on any atom is 0.171 e. The van der Waals surface area contributed by atoms with Crippen LogP contribution in [-0.4, -0.2) is 23.2 Å². The maximum absolute atomic E-state index is 9.58. The number of aromatic nitrogens is 1. The fraction of sp³-hybridized carbons (Fsp3) is 0.545. The van der Waals surface area contributed by atoms with Gasteiger partial charge < -0.3 is 9.84 Å². The zero-order chi connectivity index (χ0) is 13.3. The van der Waals surface area contributed by atoms with E-state index in [4.69, 9.17) is 21.9 Å². The number of rotatable bonds is 3. The lowest BCUT2D eigenvalue weighted by molar-refractivity contribution is 0.194. The summed E-state index contributed by atoms with van der Waals surface area (Å²) in [6, 6.07) is 1.76. The SMILES string of the molecule is CC(O)c1cc2c(c(Cl)n1)OCC2(C)CN=[N+]=[N-]. The second-order valence-corrected chi connectivity index (χ2v) is 4.99. The molecule has 0 bridgehead atoms. The quantitative estimate of drug-likeness (QED) is 0.395. The molecule has 2 heterocycles. The molecule has 0 aliphatic carbocycles. The van der Waals surface area contributed by atoms with Crippen LogP contribution >= 0.6 is 11.6 Å². The van der Waals surface area contributed by atoms with Crippen molar-refractivity contribution in [2.75, 3.05) is 13.2 Å². The smallest absolute Gasteiger partial charge is 0.171 e. The molecule has 1 aliphatic heterocycles. The first-order chi connectivity index (χ1) is 8.48. The Balaban J connectivity index is 2.50. The molecule has 1 aromatic heterocycles. The van der Waals surface area contributed by atoms with Crippen molar-refractivity contribution in [2.45, 2.75) is 25.4 Å². The highest BCUT2D eigenvalue weighted by Crippen LogP contribution is 2.43. The molecule has 0 aromatic carbocycles. The van der Waals surface area contributed by atoms with Crippen LogP contribution in [0.2, 0.25) is 5.15 Å². The van der Waals surface area contributed by atoms with Crippen LogP contribution in [0.25, 0.3) is 10.4 Å². The summed E-state index contributed by atoms with van der Waals surface area (Å²) in [5.74, 6) is 0.511. The van der Waals surface area contributed by atoms with Gasteiger partial charge in [-0.3, -0.25) is 0 Å². The second kappa shape index (κ2) is 4.65. The summed E-state index contributed by atoms with van der Waals surface area (Å²) in [6.07, 6.45) is -0.711. The number of aliphatic hydroxyl groups excluding tert-OH is 1. The third-order valence-electron chi connectivity index (χ3n) is 3.05. The third kappa shape index (κ3) is 2.10. The summed E-state index contributed by atoms with van der Waals surface area (Å²) in [6.45, 7) is 4.20. The van der Waals surface area contributed by atoms with Crippen molar-refractivity contribution >= 4 is 11.6 Å². The number of hydrogen-bond donors (Lipinski definition) is 1. The number of fused-ring (bicyclic) bond motifs is 1. The summed E-state index contributed by atoms with van der Waals surface area (Å²) in [5, 5.41) is 13.4. The summed E-state index contributed by atoms with van der Waals surface area (Å²) in [7, 11) is 0. The van der Waals surface area contributed by atoms with E-state index in [1.54, 1.807) is 13.0 Å². The van der Waals surface area contributed by atoms with Gasteiger partial charge in [0.05, 0.1) is 18.4 Å². The van der Waals surface area contributed by atoms with Crippen LogP contribution in [-0.2, 0) is 5.41 Å². The molecular formula is C11H13ClN4O2. The Morgan fingerprint density at radius 2 is 2.50 bits per heavy atom. The molecule has 7 heteroatoms. The lowest BCUT2D eigenvalue weighted by atomic mass is 9.84. The van der Waals surface area contributed by atoms with E-state index in [1.165, 1.54) is 0 Å². The zero-order valence-electron chi connectivity index (χ0n) is 10.1. The van der Waals surface area contributed by atoms with E-state index in [1.807, 2.05) is 6.92 Å². The Morgan fingerprint density at radius 1 is 1.78 bits per heavy atom. The largest absolute Gasteiger partial charge is 0.489 e. The van der Waals surface area contributed by atoms with Crippen LogP contribution in [0.1, 0.15) is 31.2 Å². The van der Waals surface area contributed by atoms with Crippen molar-refractivity contribution < 1.29 is 9.84 Å². The normalized spacial score (nSPS) is 22.9. The van der Waals surface area contributed by atoms with Crippen molar-refractivity contribution in [3.8, 4) is 5.75 Å². The molecule has 1 N–H and O–H groups in total. The van der Waals surface area contributed by atoms with Gasteiger partial charge in [-0.15, -0.1) is 0 Å². The van der Waals surface area contributed by atoms with Gasteiger partial charge in [-0.1, -0.05) is 23.6 Å². The highest BCUT2D eigenvalue weighted by molar-refractivity contribution is 6.31. The van der Waals surface area contributed by atoms with E-state index in [0.29, 0.717) is 18.1 Å². The summed E-state index contributed by atoms with van der Waals surface area (Å²) < 4.78 is 5.52. The van der Waals surface area contributed by atoms with Crippen LogP contribution < -0.4 is 4.74 Å². The molecule has 0 saturated heterocycles. The lowest BCUT2D eigenvalue weighted by Crippen LogP contribution is -2.27. The van der Waals surface area contributed by atoms with Crippen LogP contribution in [0.15, 0.2) is 11.2 Å². The predicted molar refractivity (Wildman–Crippen MR) is 66.7 cm³/mol. The number of halogens is 1. The highest BCUT2D eigenvalue weighted by Gasteiger charge is 2.38. The van der Waals surface area contributed by atoms with Gasteiger partial charge in [0.15, 0.2) is 10.9 Å². The van der Waals surface area contributed by atoms with E-state index >= 15 is 0 Å². The van der Waals surface area contributed by atoms with Crippen molar-refractivity contribution in [3.05, 3.63) is 32.9 Å². The van der Waals surface area contributed by atoms with Gasteiger partial charge >= 0.3 is 0 Å². The monoisotopic (exact) mass is 268 g/mol. The Labute approximate surface area is 109 Å². The predicted octanol–water partition coefficient (Wildman–Crippen LogP) is 2.75. The van der Waals surface area contributed by atoms with Gasteiger partial charge in [-0.05, 0) is 18.5 Å². The van der Waals surface area contributed by atoms with Crippen LogP contribution in [0.5, 0.6) is 5.75 Å². The van der Waals surface area contributed by atoms with Gasteiger partial charge in [0.1, 0.15) is 0 Å². The topological polar surface area (TPSA) is 91.1 Å². The fourth-order valence-corrected chi connectivity index (χ4v) is 2.20. The number of ether oxygens (including phenoxy) is 1. The molecule has 96 valence electrons. The number of hydrogen-bond acceptors (Lipinski definition) is 4. The van der Waals surface area contributed by atoms with Crippen molar-refractivity contribution in [1.29, 1.82) is 0 Å². The molecule has 1 aliphatic rings. The van der Waals surface area contributed by atoms with Crippen LogP contribution in [0.3, 0.4) is 0 Å². The Hall–Kier alpha value is -1.49. The van der Waals surface area contributed by atoms with Crippen LogP contribution in [0.4, 0.5) is 0 Å². The first-order valence-corrected chi connectivity index (χ1v) is 5.88. The van der Waals surface area contributed by atoms with Gasteiger partial charge in [0.25, 0.3) is 0 Å². The molecule has 0 saturated carbocycles. The van der Waals surface area contributed by atoms with Gasteiger partial charge in [-0.2, -0.15) is 0 Å². The average Bonchev–Trinajstić information content (AvgIpc) is 2.66. The van der Waals surface area contributed by atoms with E-state index < -0.39 is 11.5 Å². The number of pyridine rings is 1. The summed E-state index contributed by atoms with van der Waals surface area (Å²) >= 11 is 6.03. The number of aliphatic hydroxyl groups is 1. The minimum absolute atomic E-state index is 0.230. The van der Waals surface area contributed by atoms with Gasteiger partial charge in [-0.25, -0.2) is 4.98 Å². The fourth-order valence-electron chi connectivity index (χ4n) is 1.95. The molecule has 1 aromatic rings. The average molecular weight is 269 g/mol. The number of azide groups is 1. The van der Waals surface area contributed by atoms with E-state index in [-0.39, 0.29) is 11.7 Å². The molecule has 0 fully saturated rings. The second-order valence-electron chi connectivity index (χ2n) is 4.63. The summed E-state index contributed by atoms with van der Waals surface area (Å²) in [4.78, 5) is 6.85. The molecule has 2 unspecified atom stereocenters. The maximum atomic E-state index is 9.58. The molecule has 6 nitrogen and oxygen atoms in total. The first-order valence-electron chi connectivity index (χ1n) is 5.50. The standard InChI is InChI=1S/C11H13ClN4O2/c1-6(17)8-3-7-9(10(12)15-8)18-5-11(7,2)4-14-16-13/h3,6,17H,4-5H2,1-2H3. The molecule has 2 rings (SSSR count). The Kier molecular flexibility index (Phi) is 3.34. The molecule has 0 amide bonds. The minimum Gasteiger partial charge on any atom is -0.489 e. The van der Waals surface area contributed by atoms with Crippen molar-refractivity contribution in [1.82, 2.24) is 4.98 Å². The van der Waals surface area contributed by atoms with E-state index in [2.05, 4.69) is 15.0 Å². The third-order valence-corrected chi connectivity index (χ3v) is 3.30. The molecule has 2 atom stereocenters. The van der Waals surface area contributed by atoms with E-state index in [9.17, 15) is 5.11 Å². The Bertz CT molecular complexity index is 528. The van der Waals surface area contributed by atoms with Crippen LogP contribution in [0, 0.1) is 0 Å². The van der Waals surface area contributed by atoms with Crippen molar-refractivity contribution in [2.24, 2.45) is 5.11 Å². The molecule has 0 spiro atoms. The summed E-state index contributed by atoms with van der Waals surface area (Å²) in [5.41, 5.74) is 9.30. The van der Waals surface area contributed by atoms with Gasteiger partial charge in [0.2, 0.25) is 0 Å². The first kappa shape index (κ1) is 13.0. The molecule has 18 heavy (non-hydrogen) atoms. The molecular weight excluding hydrogens is 256 g/mol. The van der Waals surface area contributed by atoms with Crippen molar-refractivity contribution in [3.63, 3.8) is 0 Å². The molecule has 0 radical (unpaired) electrons. The van der Waals surface area contributed by atoms with Gasteiger partial charge in [0, 0.05) is 22.4 Å².